The number of esters is 1. The van der Waals surface area contributed by atoms with Gasteiger partial charge < -0.3 is 10.1 Å². The van der Waals surface area contributed by atoms with E-state index in [0.717, 1.165) is 31.0 Å². The molecular formula is C24H31ClN4O3. The molecule has 1 saturated heterocycles. The van der Waals surface area contributed by atoms with Crippen molar-refractivity contribution in [2.45, 2.75) is 58.2 Å². The molecule has 4 rings (SSSR count). The van der Waals surface area contributed by atoms with Crippen LogP contribution in [0.15, 0.2) is 35.1 Å². The van der Waals surface area contributed by atoms with E-state index in [-0.39, 0.29) is 29.7 Å². The first-order valence-electron chi connectivity index (χ1n) is 11.5. The zero-order valence-corrected chi connectivity index (χ0v) is 19.3. The monoisotopic (exact) mass is 458 g/mol. The Morgan fingerprint density at radius 1 is 1.22 bits per heavy atom. The maximum atomic E-state index is 13.1. The average molecular weight is 459 g/mol. The molecule has 1 N–H and O–H groups in total. The van der Waals surface area contributed by atoms with Crippen LogP contribution >= 0.6 is 11.6 Å². The lowest BCUT2D eigenvalue weighted by molar-refractivity contribution is -0.145. The normalized spacial score (nSPS) is 19.0. The summed E-state index contributed by atoms with van der Waals surface area (Å²) in [6.07, 6.45) is 6.20. The largest absolute Gasteiger partial charge is 0.459 e. The molecule has 0 amide bonds. The van der Waals surface area contributed by atoms with Crippen LogP contribution in [0, 0.1) is 12.8 Å². The Morgan fingerprint density at radius 3 is 2.75 bits per heavy atom. The number of benzene rings is 1. The summed E-state index contributed by atoms with van der Waals surface area (Å²) in [6.45, 7) is 4.55. The number of hydrogen-bond donors (Lipinski definition) is 1. The molecule has 1 saturated carbocycles. The van der Waals surface area contributed by atoms with E-state index in [1.807, 2.05) is 30.3 Å². The first-order valence-corrected chi connectivity index (χ1v) is 11.8. The smallest absolute Gasteiger partial charge is 0.326 e. The first kappa shape index (κ1) is 22.8. The van der Waals surface area contributed by atoms with E-state index in [9.17, 15) is 9.59 Å². The number of aromatic nitrogens is 2. The van der Waals surface area contributed by atoms with Crippen LogP contribution in [0.1, 0.15) is 43.4 Å². The van der Waals surface area contributed by atoms with E-state index in [2.05, 4.69) is 15.2 Å². The van der Waals surface area contributed by atoms with Crippen LogP contribution in [0.5, 0.6) is 0 Å². The Bertz CT molecular complexity index is 991. The maximum Gasteiger partial charge on any atom is 0.326 e. The Kier molecular flexibility index (Phi) is 7.48. The summed E-state index contributed by atoms with van der Waals surface area (Å²) in [6, 6.07) is 9.82. The Morgan fingerprint density at radius 2 is 2.00 bits per heavy atom. The van der Waals surface area contributed by atoms with Crippen molar-refractivity contribution in [2.75, 3.05) is 25.0 Å². The number of rotatable bonds is 9. The van der Waals surface area contributed by atoms with E-state index >= 15 is 0 Å². The number of likely N-dealkylation sites (tertiary alicyclic amines) is 1. The lowest BCUT2D eigenvalue weighted by atomic mass is 10.0. The van der Waals surface area contributed by atoms with Gasteiger partial charge in [0.25, 0.3) is 5.56 Å². The van der Waals surface area contributed by atoms with Crippen LogP contribution in [0.25, 0.3) is 0 Å². The molecular weight excluding hydrogens is 428 g/mol. The molecule has 1 atom stereocenters. The van der Waals surface area contributed by atoms with Crippen LogP contribution in [-0.2, 0) is 22.7 Å². The molecule has 2 aromatic rings. The quantitative estimate of drug-likeness (QED) is 0.578. The minimum Gasteiger partial charge on any atom is -0.459 e. The Labute approximate surface area is 193 Å². The lowest BCUT2D eigenvalue weighted by Crippen LogP contribution is -2.45. The molecule has 172 valence electrons. The fourth-order valence-electron chi connectivity index (χ4n) is 4.21. The zero-order valence-electron chi connectivity index (χ0n) is 18.6. The average Bonchev–Trinajstić information content (AvgIpc) is 3.62. The van der Waals surface area contributed by atoms with Gasteiger partial charge in [-0.15, -0.1) is 0 Å². The van der Waals surface area contributed by atoms with Gasteiger partial charge in [0.1, 0.15) is 13.2 Å². The predicted molar refractivity (Wildman–Crippen MR) is 125 cm³/mol. The van der Waals surface area contributed by atoms with Crippen molar-refractivity contribution < 1.29 is 9.53 Å². The third-order valence-electron chi connectivity index (χ3n) is 6.33. The van der Waals surface area contributed by atoms with Crippen LogP contribution in [-0.4, -0.2) is 46.1 Å². The molecule has 8 heteroatoms. The van der Waals surface area contributed by atoms with E-state index in [0.29, 0.717) is 18.3 Å². The molecule has 1 unspecified atom stereocenters. The fraction of sp³-hybridized carbons (Fsp3) is 0.542. The molecule has 0 bridgehead atoms. The minimum atomic E-state index is -0.491. The highest BCUT2D eigenvalue weighted by Gasteiger charge is 2.29. The van der Waals surface area contributed by atoms with E-state index in [1.165, 1.54) is 30.3 Å². The molecule has 1 aromatic carbocycles. The van der Waals surface area contributed by atoms with Crippen molar-refractivity contribution in [1.29, 1.82) is 0 Å². The van der Waals surface area contributed by atoms with Crippen molar-refractivity contribution >= 4 is 23.4 Å². The molecule has 32 heavy (non-hydrogen) atoms. The summed E-state index contributed by atoms with van der Waals surface area (Å²) in [7, 11) is 0. The third-order valence-corrected chi connectivity index (χ3v) is 6.69. The summed E-state index contributed by atoms with van der Waals surface area (Å²) >= 11 is 6.30. The second-order valence-corrected chi connectivity index (χ2v) is 9.20. The first-order chi connectivity index (χ1) is 15.5. The number of halogens is 1. The van der Waals surface area contributed by atoms with E-state index in [1.54, 1.807) is 6.92 Å². The fourth-order valence-corrected chi connectivity index (χ4v) is 4.40. The van der Waals surface area contributed by atoms with E-state index < -0.39 is 5.97 Å². The van der Waals surface area contributed by atoms with Gasteiger partial charge in [0.2, 0.25) is 0 Å². The summed E-state index contributed by atoms with van der Waals surface area (Å²) in [5, 5.41) is 3.43. The van der Waals surface area contributed by atoms with Gasteiger partial charge in [-0.05, 0) is 50.6 Å². The highest BCUT2D eigenvalue weighted by atomic mass is 35.5. The minimum absolute atomic E-state index is 0.163. The van der Waals surface area contributed by atoms with Gasteiger partial charge in [-0.2, -0.15) is 0 Å². The summed E-state index contributed by atoms with van der Waals surface area (Å²) in [4.78, 5) is 32.3. The number of carbonyl (C=O) groups excluding carboxylic acids is 1. The number of nitrogens with one attached hydrogen (secondary N) is 1. The summed E-state index contributed by atoms with van der Waals surface area (Å²) in [5.41, 5.74) is 0.989. The number of piperidine rings is 1. The van der Waals surface area contributed by atoms with Crippen molar-refractivity contribution in [3.8, 4) is 0 Å². The van der Waals surface area contributed by atoms with Crippen molar-refractivity contribution in [2.24, 2.45) is 5.92 Å². The summed E-state index contributed by atoms with van der Waals surface area (Å²) < 4.78 is 6.69. The molecule has 1 aliphatic heterocycles. The van der Waals surface area contributed by atoms with Crippen molar-refractivity contribution in [1.82, 2.24) is 14.5 Å². The van der Waals surface area contributed by atoms with Gasteiger partial charge in [-0.1, -0.05) is 48.4 Å². The van der Waals surface area contributed by atoms with Gasteiger partial charge in [0.05, 0.1) is 5.69 Å². The Hall–Kier alpha value is -2.38. The number of ether oxygens (including phenoxy) is 1. The number of hydrogen-bond acceptors (Lipinski definition) is 6. The van der Waals surface area contributed by atoms with Crippen LogP contribution in [0.3, 0.4) is 0 Å². The van der Waals surface area contributed by atoms with Gasteiger partial charge >= 0.3 is 5.97 Å². The van der Waals surface area contributed by atoms with Crippen LogP contribution in [0.4, 0.5) is 5.82 Å². The highest BCUT2D eigenvalue weighted by molar-refractivity contribution is 6.30. The molecule has 1 aromatic heterocycles. The van der Waals surface area contributed by atoms with Gasteiger partial charge in [-0.3, -0.25) is 19.1 Å². The maximum absolute atomic E-state index is 13.1. The molecule has 1 aliphatic carbocycles. The molecule has 2 aliphatic rings. The van der Waals surface area contributed by atoms with Crippen molar-refractivity contribution in [3.05, 3.63) is 57.1 Å². The van der Waals surface area contributed by atoms with Crippen molar-refractivity contribution in [3.63, 3.8) is 0 Å². The predicted octanol–water partition coefficient (Wildman–Crippen LogP) is 3.62. The number of nitrogens with zero attached hydrogens (tertiary/aromatic N) is 3. The number of carbonyl (C=O) groups is 1. The third kappa shape index (κ3) is 5.90. The molecule has 0 spiro atoms. The molecule has 2 fully saturated rings. The van der Waals surface area contributed by atoms with Gasteiger partial charge in [0.15, 0.2) is 11.0 Å². The molecule has 0 radical (unpaired) electrons. The SMILES string of the molecule is Cc1c(Cl)nc(NCC2CCCCN2CC2CC2)c(=O)n1CC(=O)OCc1ccccc1. The summed E-state index contributed by atoms with van der Waals surface area (Å²) in [5.74, 6) is 0.533. The highest BCUT2D eigenvalue weighted by Crippen LogP contribution is 2.32. The van der Waals surface area contributed by atoms with Crippen LogP contribution < -0.4 is 10.9 Å². The second-order valence-electron chi connectivity index (χ2n) is 8.84. The molecule has 7 nitrogen and oxygen atoms in total. The van der Waals surface area contributed by atoms with Gasteiger partial charge in [-0.25, -0.2) is 4.98 Å². The van der Waals surface area contributed by atoms with E-state index in [4.69, 9.17) is 16.3 Å². The number of anilines is 1. The Balaban J connectivity index is 1.40. The van der Waals surface area contributed by atoms with Crippen LogP contribution in [0.2, 0.25) is 5.15 Å². The standard InChI is InChI=1S/C24H31ClN4O3/c1-17-22(25)27-23(26-13-20-9-5-6-12-28(20)14-18-10-11-18)24(31)29(17)15-21(30)32-16-19-7-3-2-4-8-19/h2-4,7-8,18,20H,5-6,9-16H2,1H3,(H,26,27). The van der Waals surface area contributed by atoms with Gasteiger partial charge in [0, 0.05) is 19.1 Å². The second kappa shape index (κ2) is 10.5. The topological polar surface area (TPSA) is 76.5 Å². The zero-order chi connectivity index (χ0) is 22.5. The molecule has 2 heterocycles. The lowest BCUT2D eigenvalue weighted by Gasteiger charge is -2.36.